The minimum Gasteiger partial charge on any atom is -0.322 e. The van der Waals surface area contributed by atoms with Crippen LogP contribution < -0.4 is 10.6 Å². The van der Waals surface area contributed by atoms with Gasteiger partial charge in [-0.3, -0.25) is 0 Å². The lowest BCUT2D eigenvalue weighted by molar-refractivity contribution is 0.195. The number of benzene rings is 1. The van der Waals surface area contributed by atoms with Gasteiger partial charge in [0.1, 0.15) is 0 Å². The average Bonchev–Trinajstić information content (AvgIpc) is 2.47. The smallest absolute Gasteiger partial charge is 0.322 e. The van der Waals surface area contributed by atoms with Gasteiger partial charge in [-0.1, -0.05) is 19.1 Å². The topological polar surface area (TPSA) is 44.4 Å². The number of nitrogens with one attached hydrogen (secondary N) is 2. The zero-order valence-electron chi connectivity index (χ0n) is 13.2. The van der Waals surface area contributed by atoms with Crippen LogP contribution in [0.2, 0.25) is 0 Å². The summed E-state index contributed by atoms with van der Waals surface area (Å²) < 4.78 is 0. The Balaban J connectivity index is 2.70. The lowest BCUT2D eigenvalue weighted by atomic mass is 10.1. The monoisotopic (exact) mass is 277 g/mol. The molecular weight excluding hydrogens is 250 g/mol. The highest BCUT2D eigenvalue weighted by Crippen LogP contribution is 2.16. The Morgan fingerprint density at radius 2 is 1.80 bits per heavy atom. The number of urea groups is 1. The van der Waals surface area contributed by atoms with Crippen molar-refractivity contribution in [1.82, 2.24) is 10.2 Å². The highest BCUT2D eigenvalue weighted by Gasteiger charge is 2.16. The average molecular weight is 277 g/mol. The fourth-order valence-electron chi connectivity index (χ4n) is 2.09. The van der Waals surface area contributed by atoms with Gasteiger partial charge >= 0.3 is 6.03 Å². The highest BCUT2D eigenvalue weighted by molar-refractivity contribution is 5.89. The molecule has 4 heteroatoms. The molecule has 0 heterocycles. The molecule has 1 aromatic rings. The minimum atomic E-state index is -0.0312. The van der Waals surface area contributed by atoms with Crippen molar-refractivity contribution in [2.75, 3.05) is 18.9 Å². The van der Waals surface area contributed by atoms with E-state index in [0.717, 1.165) is 18.7 Å². The number of nitrogens with zero attached hydrogens (tertiary/aromatic N) is 1. The number of rotatable bonds is 6. The number of amides is 2. The lowest BCUT2D eigenvalue weighted by Crippen LogP contribution is -2.40. The van der Waals surface area contributed by atoms with Crippen LogP contribution in [0.25, 0.3) is 0 Å². The molecule has 0 aromatic heterocycles. The van der Waals surface area contributed by atoms with Crippen LogP contribution in [0.15, 0.2) is 24.3 Å². The fourth-order valence-corrected chi connectivity index (χ4v) is 2.09. The van der Waals surface area contributed by atoms with Crippen LogP contribution in [0, 0.1) is 0 Å². The van der Waals surface area contributed by atoms with Crippen LogP contribution >= 0.6 is 0 Å². The van der Waals surface area contributed by atoms with Crippen molar-refractivity contribution in [2.45, 2.75) is 46.2 Å². The highest BCUT2D eigenvalue weighted by atomic mass is 16.2. The van der Waals surface area contributed by atoms with Gasteiger partial charge in [-0.25, -0.2) is 4.79 Å². The maximum Gasteiger partial charge on any atom is 0.322 e. The van der Waals surface area contributed by atoms with Crippen molar-refractivity contribution in [3.05, 3.63) is 29.8 Å². The van der Waals surface area contributed by atoms with Crippen LogP contribution in [0.4, 0.5) is 10.5 Å². The number of hydrogen-bond donors (Lipinski definition) is 2. The summed E-state index contributed by atoms with van der Waals surface area (Å²) in [5.74, 6) is 0. The van der Waals surface area contributed by atoms with Crippen LogP contribution in [-0.4, -0.2) is 30.6 Å². The second-order valence-electron chi connectivity index (χ2n) is 5.11. The molecule has 1 aromatic carbocycles. The SMILES string of the molecule is CCC(C)N(CC)C(=O)Nc1ccc(C(C)NC)cc1. The Labute approximate surface area is 122 Å². The Morgan fingerprint density at radius 1 is 1.20 bits per heavy atom. The predicted octanol–water partition coefficient (Wildman–Crippen LogP) is 3.62. The second-order valence-corrected chi connectivity index (χ2v) is 5.11. The molecule has 2 atom stereocenters. The normalized spacial score (nSPS) is 13.7. The molecule has 2 amide bonds. The fraction of sp³-hybridized carbons (Fsp3) is 0.562. The third-order valence-corrected chi connectivity index (χ3v) is 3.82. The van der Waals surface area contributed by atoms with Crippen LogP contribution in [0.5, 0.6) is 0 Å². The van der Waals surface area contributed by atoms with Gasteiger partial charge in [-0.2, -0.15) is 0 Å². The van der Waals surface area contributed by atoms with Gasteiger partial charge in [0.2, 0.25) is 0 Å². The molecule has 2 unspecified atom stereocenters. The number of anilines is 1. The van der Waals surface area contributed by atoms with E-state index < -0.39 is 0 Å². The summed E-state index contributed by atoms with van der Waals surface area (Å²) in [6.45, 7) is 8.99. The van der Waals surface area contributed by atoms with E-state index in [4.69, 9.17) is 0 Å². The quantitative estimate of drug-likeness (QED) is 0.834. The minimum absolute atomic E-state index is 0.0312. The Bertz CT molecular complexity index is 416. The molecule has 0 saturated carbocycles. The molecule has 0 saturated heterocycles. The summed E-state index contributed by atoms with van der Waals surface area (Å²) in [7, 11) is 1.94. The molecule has 1 rings (SSSR count). The summed E-state index contributed by atoms with van der Waals surface area (Å²) >= 11 is 0. The van der Waals surface area contributed by atoms with Gasteiger partial charge in [0.05, 0.1) is 0 Å². The molecule has 112 valence electrons. The van der Waals surface area contributed by atoms with Gasteiger partial charge in [0.25, 0.3) is 0 Å². The van der Waals surface area contributed by atoms with Crippen LogP contribution in [-0.2, 0) is 0 Å². The van der Waals surface area contributed by atoms with Crippen LogP contribution in [0.1, 0.15) is 45.7 Å². The summed E-state index contributed by atoms with van der Waals surface area (Å²) in [4.78, 5) is 14.1. The van der Waals surface area contributed by atoms with Gasteiger partial charge in [-0.05, 0) is 51.9 Å². The molecule has 0 radical (unpaired) electrons. The van der Waals surface area contributed by atoms with E-state index >= 15 is 0 Å². The third-order valence-electron chi connectivity index (χ3n) is 3.82. The van der Waals surface area contributed by atoms with Gasteiger partial charge in [0.15, 0.2) is 0 Å². The first-order valence-electron chi connectivity index (χ1n) is 7.38. The van der Waals surface area contributed by atoms with Crippen molar-refractivity contribution in [3.8, 4) is 0 Å². The van der Waals surface area contributed by atoms with E-state index in [1.165, 1.54) is 5.56 Å². The van der Waals surface area contributed by atoms with Gasteiger partial charge in [0, 0.05) is 24.3 Å². The summed E-state index contributed by atoms with van der Waals surface area (Å²) in [6, 6.07) is 8.51. The van der Waals surface area contributed by atoms with Gasteiger partial charge < -0.3 is 15.5 Å². The van der Waals surface area contributed by atoms with E-state index in [0.29, 0.717) is 6.04 Å². The van der Waals surface area contributed by atoms with Crippen molar-refractivity contribution < 1.29 is 4.79 Å². The summed E-state index contributed by atoms with van der Waals surface area (Å²) in [5.41, 5.74) is 2.04. The Kier molecular flexibility index (Phi) is 6.52. The van der Waals surface area contributed by atoms with Crippen molar-refractivity contribution in [2.24, 2.45) is 0 Å². The molecular formula is C16H27N3O. The standard InChI is InChI=1S/C16H27N3O/c1-6-12(3)19(7-2)16(20)18-15-10-8-14(9-11-15)13(4)17-5/h8-13,17H,6-7H2,1-5H3,(H,18,20). The molecule has 20 heavy (non-hydrogen) atoms. The Morgan fingerprint density at radius 3 is 2.25 bits per heavy atom. The molecule has 0 aliphatic carbocycles. The van der Waals surface area contributed by atoms with E-state index in [1.807, 2.05) is 43.1 Å². The first kappa shape index (κ1) is 16.5. The lowest BCUT2D eigenvalue weighted by Gasteiger charge is -2.27. The van der Waals surface area contributed by atoms with Crippen molar-refractivity contribution in [3.63, 3.8) is 0 Å². The molecule has 0 bridgehead atoms. The van der Waals surface area contributed by atoms with E-state index in [-0.39, 0.29) is 12.1 Å². The second kappa shape index (κ2) is 7.90. The number of carbonyl (C=O) groups excluding carboxylic acids is 1. The van der Waals surface area contributed by atoms with E-state index in [2.05, 4.69) is 31.4 Å². The van der Waals surface area contributed by atoms with E-state index in [1.54, 1.807) is 0 Å². The zero-order valence-corrected chi connectivity index (χ0v) is 13.2. The molecule has 2 N–H and O–H groups in total. The predicted molar refractivity (Wildman–Crippen MR) is 85.1 cm³/mol. The van der Waals surface area contributed by atoms with Gasteiger partial charge in [-0.15, -0.1) is 0 Å². The van der Waals surface area contributed by atoms with Crippen molar-refractivity contribution >= 4 is 11.7 Å². The zero-order chi connectivity index (χ0) is 15.1. The maximum absolute atomic E-state index is 12.2. The van der Waals surface area contributed by atoms with Crippen molar-refractivity contribution in [1.29, 1.82) is 0 Å². The van der Waals surface area contributed by atoms with Crippen LogP contribution in [0.3, 0.4) is 0 Å². The first-order chi connectivity index (χ1) is 9.53. The largest absolute Gasteiger partial charge is 0.322 e. The summed E-state index contributed by atoms with van der Waals surface area (Å²) in [5, 5.41) is 6.15. The molecule has 0 fully saturated rings. The molecule has 0 aliphatic heterocycles. The Hall–Kier alpha value is -1.55. The molecule has 0 aliphatic rings. The number of carbonyl (C=O) groups is 1. The summed E-state index contributed by atoms with van der Waals surface area (Å²) in [6.07, 6.45) is 0.958. The first-order valence-corrected chi connectivity index (χ1v) is 7.38. The number of hydrogen-bond acceptors (Lipinski definition) is 2. The maximum atomic E-state index is 12.2. The molecule has 0 spiro atoms. The molecule has 4 nitrogen and oxygen atoms in total. The van der Waals surface area contributed by atoms with E-state index in [9.17, 15) is 4.79 Å². The third kappa shape index (κ3) is 4.23.